The second-order valence-corrected chi connectivity index (χ2v) is 4.29. The fourth-order valence-corrected chi connectivity index (χ4v) is 2.00. The highest BCUT2D eigenvalue weighted by Gasteiger charge is 2.23. The van der Waals surface area contributed by atoms with Crippen molar-refractivity contribution in [3.63, 3.8) is 0 Å². The second-order valence-electron chi connectivity index (χ2n) is 4.29. The molecule has 19 heavy (non-hydrogen) atoms. The first-order valence-electron chi connectivity index (χ1n) is 5.91. The number of aromatic nitrogens is 1. The van der Waals surface area contributed by atoms with Crippen LogP contribution in [0.3, 0.4) is 0 Å². The van der Waals surface area contributed by atoms with Crippen LogP contribution in [0, 0.1) is 24.4 Å². The molecule has 0 saturated carbocycles. The fraction of sp³-hybridized carbons (Fsp3) is 0.308. The lowest BCUT2D eigenvalue weighted by Crippen LogP contribution is -2.24. The zero-order chi connectivity index (χ0) is 14.2. The van der Waals surface area contributed by atoms with Crippen LogP contribution in [0.2, 0.25) is 0 Å². The van der Waals surface area contributed by atoms with E-state index in [-0.39, 0.29) is 16.5 Å². The van der Waals surface area contributed by atoms with Crippen molar-refractivity contribution in [3.05, 3.63) is 34.8 Å². The molecular weight excluding hydrogens is 257 g/mol. The largest absolute Gasteiger partial charge is 0.358 e. The molecule has 0 aliphatic heterocycles. The molecule has 2 aromatic rings. The summed E-state index contributed by atoms with van der Waals surface area (Å²) < 4.78 is 40.2. The van der Waals surface area contributed by atoms with E-state index in [0.717, 1.165) is 12.5 Å². The van der Waals surface area contributed by atoms with E-state index in [2.05, 4.69) is 10.3 Å². The molecule has 1 aromatic heterocycles. The molecule has 0 radical (unpaired) electrons. The van der Waals surface area contributed by atoms with E-state index in [1.807, 2.05) is 6.92 Å². The quantitative estimate of drug-likeness (QED) is 0.827. The maximum Gasteiger partial charge on any atom is 0.253 e. The van der Waals surface area contributed by atoms with Gasteiger partial charge in [-0.2, -0.15) is 0 Å². The molecule has 0 fully saturated rings. The molecule has 6 heteroatoms. The monoisotopic (exact) mass is 270 g/mol. The van der Waals surface area contributed by atoms with Crippen LogP contribution < -0.4 is 5.32 Å². The minimum absolute atomic E-state index is 0.0138. The van der Waals surface area contributed by atoms with Gasteiger partial charge in [0.05, 0.1) is 16.5 Å². The van der Waals surface area contributed by atoms with Gasteiger partial charge in [-0.15, -0.1) is 0 Å². The van der Waals surface area contributed by atoms with Crippen molar-refractivity contribution in [3.8, 4) is 0 Å². The van der Waals surface area contributed by atoms with Crippen LogP contribution in [0.1, 0.15) is 29.4 Å². The maximum atomic E-state index is 13.8. The number of halogens is 3. The van der Waals surface area contributed by atoms with E-state index in [1.54, 1.807) is 6.92 Å². The average molecular weight is 270 g/mol. The van der Waals surface area contributed by atoms with Crippen molar-refractivity contribution in [2.24, 2.45) is 0 Å². The lowest BCUT2D eigenvalue weighted by Gasteiger charge is -2.04. The first kappa shape index (κ1) is 13.5. The number of rotatable bonds is 3. The molecule has 0 atom stereocenters. The number of carbonyl (C=O) groups is 1. The lowest BCUT2D eigenvalue weighted by molar-refractivity contribution is 0.0954. The number of aromatic amines is 1. The summed E-state index contributed by atoms with van der Waals surface area (Å²) in [4.78, 5) is 14.6. The molecule has 102 valence electrons. The van der Waals surface area contributed by atoms with Gasteiger partial charge in [0.15, 0.2) is 17.5 Å². The average Bonchev–Trinajstić information content (AvgIpc) is 2.69. The molecule has 0 spiro atoms. The Kier molecular flexibility index (Phi) is 3.50. The van der Waals surface area contributed by atoms with Gasteiger partial charge in [0.2, 0.25) is 0 Å². The van der Waals surface area contributed by atoms with Crippen molar-refractivity contribution >= 4 is 16.8 Å². The molecule has 2 N–H and O–H groups in total. The van der Waals surface area contributed by atoms with Crippen LogP contribution in [0.4, 0.5) is 13.2 Å². The van der Waals surface area contributed by atoms with Crippen molar-refractivity contribution < 1.29 is 18.0 Å². The number of hydrogen-bond acceptors (Lipinski definition) is 1. The molecule has 0 aliphatic carbocycles. The molecule has 0 saturated heterocycles. The first-order valence-corrected chi connectivity index (χ1v) is 5.91. The minimum Gasteiger partial charge on any atom is -0.358 e. The zero-order valence-electron chi connectivity index (χ0n) is 10.5. The topological polar surface area (TPSA) is 44.9 Å². The summed E-state index contributed by atoms with van der Waals surface area (Å²) in [7, 11) is 0. The molecule has 0 unspecified atom stereocenters. The second kappa shape index (κ2) is 4.95. The van der Waals surface area contributed by atoms with Crippen molar-refractivity contribution in [1.29, 1.82) is 0 Å². The fourth-order valence-electron chi connectivity index (χ4n) is 2.00. The predicted octanol–water partition coefficient (Wildman–Crippen LogP) is 3.03. The number of amides is 1. The molecule has 1 aromatic carbocycles. The lowest BCUT2D eigenvalue weighted by atomic mass is 10.1. The van der Waals surface area contributed by atoms with E-state index in [1.165, 1.54) is 0 Å². The third-order valence-corrected chi connectivity index (χ3v) is 2.87. The Hall–Kier alpha value is -1.98. The number of H-pyrrole nitrogens is 1. The number of hydrogen-bond donors (Lipinski definition) is 2. The van der Waals surface area contributed by atoms with Crippen LogP contribution in [0.5, 0.6) is 0 Å². The van der Waals surface area contributed by atoms with Crippen LogP contribution in [-0.2, 0) is 0 Å². The molecular formula is C13H13F3N2O. The van der Waals surface area contributed by atoms with Gasteiger partial charge in [0.1, 0.15) is 0 Å². The summed E-state index contributed by atoms with van der Waals surface area (Å²) in [5, 5.41) is 2.37. The first-order chi connectivity index (χ1) is 8.97. The Bertz CT molecular complexity index is 649. The normalized spacial score (nSPS) is 11.0. The standard InChI is InChI=1S/C13H13F3N2O/c1-3-4-17-13(19)9-6(2)18-8-5-7(14)11(15)12(16)10(8)9/h5,18H,3-4H2,1-2H3,(H,17,19). The summed E-state index contributed by atoms with van der Waals surface area (Å²) in [6, 6.07) is 0.845. The smallest absolute Gasteiger partial charge is 0.253 e. The van der Waals surface area contributed by atoms with E-state index >= 15 is 0 Å². The van der Waals surface area contributed by atoms with Gasteiger partial charge >= 0.3 is 0 Å². The number of fused-ring (bicyclic) bond motifs is 1. The third kappa shape index (κ3) is 2.18. The molecule has 0 bridgehead atoms. The van der Waals surface area contributed by atoms with E-state index in [9.17, 15) is 18.0 Å². The Balaban J connectivity index is 2.64. The zero-order valence-corrected chi connectivity index (χ0v) is 10.5. The van der Waals surface area contributed by atoms with Gasteiger partial charge in [-0.3, -0.25) is 4.79 Å². The van der Waals surface area contributed by atoms with Crippen LogP contribution in [-0.4, -0.2) is 17.4 Å². The molecule has 2 rings (SSSR count). The van der Waals surface area contributed by atoms with Gasteiger partial charge in [-0.25, -0.2) is 13.2 Å². The summed E-state index contributed by atoms with van der Waals surface area (Å²) in [6.07, 6.45) is 0.721. The van der Waals surface area contributed by atoms with Gasteiger partial charge in [0.25, 0.3) is 5.91 Å². The van der Waals surface area contributed by atoms with Crippen LogP contribution in [0.25, 0.3) is 10.9 Å². The number of benzene rings is 1. The van der Waals surface area contributed by atoms with Crippen LogP contribution >= 0.6 is 0 Å². The van der Waals surface area contributed by atoms with Gasteiger partial charge < -0.3 is 10.3 Å². The van der Waals surface area contributed by atoms with E-state index < -0.39 is 23.4 Å². The third-order valence-electron chi connectivity index (χ3n) is 2.87. The van der Waals surface area contributed by atoms with E-state index in [4.69, 9.17) is 0 Å². The van der Waals surface area contributed by atoms with Gasteiger partial charge in [-0.05, 0) is 13.3 Å². The van der Waals surface area contributed by atoms with Crippen LogP contribution in [0.15, 0.2) is 6.07 Å². The summed E-state index contributed by atoms with van der Waals surface area (Å²) in [6.45, 7) is 3.85. The molecule has 3 nitrogen and oxygen atoms in total. The van der Waals surface area contributed by atoms with Crippen molar-refractivity contribution in [1.82, 2.24) is 10.3 Å². The number of nitrogens with one attached hydrogen (secondary N) is 2. The Morgan fingerprint density at radius 2 is 2.00 bits per heavy atom. The van der Waals surface area contributed by atoms with Crippen molar-refractivity contribution in [2.75, 3.05) is 6.54 Å². The molecule has 0 aliphatic rings. The Morgan fingerprint density at radius 1 is 1.32 bits per heavy atom. The maximum absolute atomic E-state index is 13.8. The SMILES string of the molecule is CCCNC(=O)c1c(C)[nH]c2cc(F)c(F)c(F)c12. The highest BCUT2D eigenvalue weighted by atomic mass is 19.2. The Labute approximate surface area is 107 Å². The van der Waals surface area contributed by atoms with Gasteiger partial charge in [-0.1, -0.05) is 6.92 Å². The highest BCUT2D eigenvalue weighted by molar-refractivity contribution is 6.08. The predicted molar refractivity (Wildman–Crippen MR) is 65.5 cm³/mol. The minimum atomic E-state index is -1.57. The van der Waals surface area contributed by atoms with Crippen molar-refractivity contribution in [2.45, 2.75) is 20.3 Å². The summed E-state index contributed by atoms with van der Waals surface area (Å²) in [5.74, 6) is -4.71. The summed E-state index contributed by atoms with van der Waals surface area (Å²) in [5.41, 5.74) is 0.447. The van der Waals surface area contributed by atoms with Gasteiger partial charge in [0, 0.05) is 18.3 Å². The number of carbonyl (C=O) groups excluding carboxylic acids is 1. The molecule has 1 amide bonds. The molecule has 1 heterocycles. The summed E-state index contributed by atoms with van der Waals surface area (Å²) >= 11 is 0. The van der Waals surface area contributed by atoms with E-state index in [0.29, 0.717) is 12.2 Å². The highest BCUT2D eigenvalue weighted by Crippen LogP contribution is 2.28. The number of aryl methyl sites for hydroxylation is 1. The Morgan fingerprint density at radius 3 is 2.63 bits per heavy atom.